The SMILES string of the molecule is CC(=O)N1CCc2c(sc(NC(=O)C3CCCN3S(=O)(=O)c3ccc(C)cc3)c2C#N)C1. The number of amides is 2. The fourth-order valence-electron chi connectivity index (χ4n) is 4.21. The van der Waals surface area contributed by atoms with Gasteiger partial charge in [0.25, 0.3) is 0 Å². The van der Waals surface area contributed by atoms with Crippen molar-refractivity contribution in [2.24, 2.45) is 0 Å². The maximum absolute atomic E-state index is 13.2. The molecular formula is C22H24N4O4S2. The zero-order valence-corrected chi connectivity index (χ0v) is 19.6. The molecule has 0 radical (unpaired) electrons. The average Bonchev–Trinajstić information content (AvgIpc) is 3.38. The second-order valence-corrected chi connectivity index (χ2v) is 11.1. The number of rotatable bonds is 4. The smallest absolute Gasteiger partial charge is 0.243 e. The number of hydrogen-bond donors (Lipinski definition) is 1. The summed E-state index contributed by atoms with van der Waals surface area (Å²) < 4.78 is 27.6. The van der Waals surface area contributed by atoms with Crippen LogP contribution in [-0.2, 0) is 32.6 Å². The Morgan fingerprint density at radius 1 is 1.22 bits per heavy atom. The van der Waals surface area contributed by atoms with Crippen molar-refractivity contribution >= 4 is 38.2 Å². The molecular weight excluding hydrogens is 448 g/mol. The molecule has 2 aliphatic heterocycles. The summed E-state index contributed by atoms with van der Waals surface area (Å²) in [7, 11) is -3.81. The van der Waals surface area contributed by atoms with Crippen molar-refractivity contribution in [2.45, 2.75) is 50.6 Å². The van der Waals surface area contributed by atoms with Gasteiger partial charge in [0.2, 0.25) is 21.8 Å². The molecule has 0 saturated carbocycles. The normalized spacial score (nSPS) is 18.8. The van der Waals surface area contributed by atoms with Crippen molar-refractivity contribution in [3.63, 3.8) is 0 Å². The van der Waals surface area contributed by atoms with E-state index in [0.717, 1.165) is 16.0 Å². The predicted octanol–water partition coefficient (Wildman–Crippen LogP) is 2.62. The molecule has 4 rings (SSSR count). The van der Waals surface area contributed by atoms with Gasteiger partial charge < -0.3 is 10.2 Å². The highest BCUT2D eigenvalue weighted by Crippen LogP contribution is 2.37. The minimum absolute atomic E-state index is 0.0314. The summed E-state index contributed by atoms with van der Waals surface area (Å²) in [6.45, 7) is 4.61. The highest BCUT2D eigenvalue weighted by atomic mass is 32.2. The second-order valence-electron chi connectivity index (χ2n) is 8.09. The van der Waals surface area contributed by atoms with Crippen molar-refractivity contribution in [1.29, 1.82) is 5.26 Å². The lowest BCUT2D eigenvalue weighted by Gasteiger charge is -2.25. The second kappa shape index (κ2) is 8.65. The van der Waals surface area contributed by atoms with E-state index >= 15 is 0 Å². The summed E-state index contributed by atoms with van der Waals surface area (Å²) in [5.41, 5.74) is 2.22. The molecule has 2 amide bonds. The fraction of sp³-hybridized carbons (Fsp3) is 0.409. The first-order valence-electron chi connectivity index (χ1n) is 10.4. The molecule has 0 bridgehead atoms. The van der Waals surface area contributed by atoms with E-state index < -0.39 is 22.0 Å². The largest absolute Gasteiger partial charge is 0.337 e. The number of nitrogens with zero attached hydrogens (tertiary/aromatic N) is 3. The van der Waals surface area contributed by atoms with Crippen molar-refractivity contribution in [3.8, 4) is 6.07 Å². The molecule has 0 aliphatic carbocycles. The Morgan fingerprint density at radius 2 is 1.94 bits per heavy atom. The number of hydrogen-bond acceptors (Lipinski definition) is 6. The van der Waals surface area contributed by atoms with E-state index in [9.17, 15) is 23.3 Å². The monoisotopic (exact) mass is 472 g/mol. The van der Waals surface area contributed by atoms with Crippen LogP contribution in [0.15, 0.2) is 29.2 Å². The molecule has 1 fully saturated rings. The lowest BCUT2D eigenvalue weighted by molar-refractivity contribution is -0.129. The van der Waals surface area contributed by atoms with E-state index in [2.05, 4.69) is 11.4 Å². The third-order valence-electron chi connectivity index (χ3n) is 5.98. The van der Waals surface area contributed by atoms with E-state index in [4.69, 9.17) is 0 Å². The topological polar surface area (TPSA) is 111 Å². The molecule has 1 saturated heterocycles. The summed E-state index contributed by atoms with van der Waals surface area (Å²) in [4.78, 5) is 27.6. The molecule has 0 spiro atoms. The Bertz CT molecular complexity index is 1210. The first kappa shape index (κ1) is 22.5. The van der Waals surface area contributed by atoms with Crippen molar-refractivity contribution in [2.75, 3.05) is 18.4 Å². The average molecular weight is 473 g/mol. The van der Waals surface area contributed by atoms with E-state index in [1.54, 1.807) is 29.2 Å². The van der Waals surface area contributed by atoms with Gasteiger partial charge >= 0.3 is 0 Å². The molecule has 2 aliphatic rings. The lowest BCUT2D eigenvalue weighted by Crippen LogP contribution is -2.43. The first-order chi connectivity index (χ1) is 15.2. The number of fused-ring (bicyclic) bond motifs is 1. The molecule has 1 aromatic carbocycles. The number of nitrogens with one attached hydrogen (secondary N) is 1. The Hall–Kier alpha value is -2.74. The summed E-state index contributed by atoms with van der Waals surface area (Å²) in [6, 6.07) is 7.92. The number of benzene rings is 1. The van der Waals surface area contributed by atoms with Gasteiger partial charge in [-0.2, -0.15) is 9.57 Å². The van der Waals surface area contributed by atoms with Gasteiger partial charge in [0.05, 0.1) is 17.0 Å². The van der Waals surface area contributed by atoms with Crippen LogP contribution in [0.5, 0.6) is 0 Å². The van der Waals surface area contributed by atoms with Gasteiger partial charge in [-0.15, -0.1) is 11.3 Å². The third-order valence-corrected chi connectivity index (χ3v) is 9.04. The van der Waals surface area contributed by atoms with Crippen LogP contribution in [0.3, 0.4) is 0 Å². The number of carbonyl (C=O) groups is 2. The van der Waals surface area contributed by atoms with E-state index in [0.29, 0.717) is 42.9 Å². The Kier molecular flexibility index (Phi) is 6.07. The van der Waals surface area contributed by atoms with Crippen molar-refractivity contribution in [1.82, 2.24) is 9.21 Å². The van der Waals surface area contributed by atoms with Gasteiger partial charge in [0.1, 0.15) is 17.1 Å². The van der Waals surface area contributed by atoms with Crippen LogP contribution >= 0.6 is 11.3 Å². The Balaban J connectivity index is 1.57. The summed E-state index contributed by atoms with van der Waals surface area (Å²) in [5.74, 6) is -0.465. The number of sulfonamides is 1. The van der Waals surface area contributed by atoms with E-state index in [-0.39, 0.29) is 17.3 Å². The minimum Gasteiger partial charge on any atom is -0.337 e. The van der Waals surface area contributed by atoms with Crippen molar-refractivity contribution in [3.05, 3.63) is 45.8 Å². The standard InChI is InChI=1S/C22H24N4O4S2/c1-14-5-7-16(8-6-14)32(29,30)26-10-3-4-19(26)21(28)24-22-18(12-23)17-9-11-25(15(2)27)13-20(17)31-22/h5-8,19H,3-4,9-11,13H2,1-2H3,(H,24,28). The van der Waals surface area contributed by atoms with E-state index in [1.165, 1.54) is 22.6 Å². The van der Waals surface area contributed by atoms with Gasteiger partial charge in [-0.3, -0.25) is 9.59 Å². The molecule has 32 heavy (non-hydrogen) atoms. The van der Waals surface area contributed by atoms with E-state index in [1.807, 2.05) is 6.92 Å². The number of aryl methyl sites for hydroxylation is 1. The van der Waals surface area contributed by atoms with Crippen LogP contribution in [0.25, 0.3) is 0 Å². The highest BCUT2D eigenvalue weighted by molar-refractivity contribution is 7.89. The third kappa shape index (κ3) is 4.03. The summed E-state index contributed by atoms with van der Waals surface area (Å²) in [5, 5.41) is 12.9. The molecule has 168 valence electrons. The van der Waals surface area contributed by atoms with Gasteiger partial charge in [0, 0.05) is 24.9 Å². The number of carbonyl (C=O) groups excluding carboxylic acids is 2. The summed E-state index contributed by atoms with van der Waals surface area (Å²) >= 11 is 1.29. The maximum Gasteiger partial charge on any atom is 0.243 e. The zero-order chi connectivity index (χ0) is 23.0. The van der Waals surface area contributed by atoms with Crippen molar-refractivity contribution < 1.29 is 18.0 Å². The number of anilines is 1. The van der Waals surface area contributed by atoms with Crippen LogP contribution in [0.4, 0.5) is 5.00 Å². The van der Waals surface area contributed by atoms with Gasteiger partial charge in [0.15, 0.2) is 0 Å². The van der Waals surface area contributed by atoms with Gasteiger partial charge in [-0.25, -0.2) is 8.42 Å². The minimum atomic E-state index is -3.81. The zero-order valence-electron chi connectivity index (χ0n) is 17.9. The molecule has 1 aromatic heterocycles. The highest BCUT2D eigenvalue weighted by Gasteiger charge is 2.40. The molecule has 10 heteroatoms. The van der Waals surface area contributed by atoms with Crippen LogP contribution in [0.1, 0.15) is 41.3 Å². The fourth-order valence-corrected chi connectivity index (χ4v) is 7.08. The molecule has 3 heterocycles. The molecule has 1 atom stereocenters. The van der Waals surface area contributed by atoms with Crippen LogP contribution in [0, 0.1) is 18.3 Å². The van der Waals surface area contributed by atoms with Crippen LogP contribution in [-0.4, -0.2) is 48.6 Å². The molecule has 2 aromatic rings. The van der Waals surface area contributed by atoms with Crippen LogP contribution < -0.4 is 5.32 Å². The van der Waals surface area contributed by atoms with Gasteiger partial charge in [-0.05, 0) is 43.9 Å². The number of thiophene rings is 1. The quantitative estimate of drug-likeness (QED) is 0.735. The predicted molar refractivity (Wildman–Crippen MR) is 121 cm³/mol. The molecule has 8 nitrogen and oxygen atoms in total. The van der Waals surface area contributed by atoms with Gasteiger partial charge in [-0.1, -0.05) is 17.7 Å². The summed E-state index contributed by atoms with van der Waals surface area (Å²) in [6.07, 6.45) is 1.56. The Labute approximate surface area is 191 Å². The number of nitriles is 1. The maximum atomic E-state index is 13.2. The molecule has 1 unspecified atom stereocenters. The Morgan fingerprint density at radius 3 is 2.59 bits per heavy atom. The molecule has 1 N–H and O–H groups in total. The lowest BCUT2D eigenvalue weighted by atomic mass is 10.0. The first-order valence-corrected chi connectivity index (χ1v) is 12.7. The van der Waals surface area contributed by atoms with Crippen LogP contribution in [0.2, 0.25) is 0 Å².